The highest BCUT2D eigenvalue weighted by molar-refractivity contribution is 6.31. The Morgan fingerprint density at radius 2 is 2.06 bits per heavy atom. The third-order valence-corrected chi connectivity index (χ3v) is 2.66. The molecule has 0 saturated heterocycles. The molecule has 3 nitrogen and oxygen atoms in total. The molecule has 0 unspecified atom stereocenters. The average molecular weight is 234 g/mol. The quantitative estimate of drug-likeness (QED) is 0.868. The van der Waals surface area contributed by atoms with Gasteiger partial charge >= 0.3 is 0 Å². The summed E-state index contributed by atoms with van der Waals surface area (Å²) in [5.74, 6) is 0. The van der Waals surface area contributed by atoms with Crippen LogP contribution in [-0.2, 0) is 6.54 Å². The fourth-order valence-corrected chi connectivity index (χ4v) is 1.71. The number of nitrogens with zero attached hydrogens (tertiary/aromatic N) is 2. The SMILES string of the molecule is Cc1ccccc1-c1nc(CN)cnc1Cl. The van der Waals surface area contributed by atoms with Crippen molar-refractivity contribution in [1.82, 2.24) is 9.97 Å². The van der Waals surface area contributed by atoms with Gasteiger partial charge < -0.3 is 5.73 Å². The van der Waals surface area contributed by atoms with Gasteiger partial charge in [0.2, 0.25) is 0 Å². The van der Waals surface area contributed by atoms with Gasteiger partial charge in [-0.15, -0.1) is 0 Å². The summed E-state index contributed by atoms with van der Waals surface area (Å²) in [6, 6.07) is 7.93. The van der Waals surface area contributed by atoms with Crippen molar-refractivity contribution in [2.45, 2.75) is 13.5 Å². The molecule has 1 aromatic heterocycles. The van der Waals surface area contributed by atoms with Crippen LogP contribution in [0.5, 0.6) is 0 Å². The van der Waals surface area contributed by atoms with Crippen molar-refractivity contribution in [3.8, 4) is 11.3 Å². The summed E-state index contributed by atoms with van der Waals surface area (Å²) in [5, 5.41) is 0.409. The maximum Gasteiger partial charge on any atom is 0.155 e. The predicted molar refractivity (Wildman–Crippen MR) is 65.1 cm³/mol. The Hall–Kier alpha value is -1.45. The second-order valence-electron chi connectivity index (χ2n) is 3.52. The van der Waals surface area contributed by atoms with Crippen LogP contribution in [0, 0.1) is 6.92 Å². The van der Waals surface area contributed by atoms with Crippen LogP contribution in [0.3, 0.4) is 0 Å². The van der Waals surface area contributed by atoms with Gasteiger partial charge in [-0.3, -0.25) is 0 Å². The van der Waals surface area contributed by atoms with E-state index >= 15 is 0 Å². The maximum atomic E-state index is 6.05. The Labute approximate surface area is 99.3 Å². The summed E-state index contributed by atoms with van der Waals surface area (Å²) in [4.78, 5) is 8.49. The smallest absolute Gasteiger partial charge is 0.155 e. The van der Waals surface area contributed by atoms with Gasteiger partial charge in [0.15, 0.2) is 5.15 Å². The molecule has 0 saturated carbocycles. The second-order valence-corrected chi connectivity index (χ2v) is 3.88. The van der Waals surface area contributed by atoms with Gasteiger partial charge in [-0.25, -0.2) is 9.97 Å². The van der Waals surface area contributed by atoms with E-state index in [9.17, 15) is 0 Å². The molecule has 1 heterocycles. The molecular formula is C12H12ClN3. The fraction of sp³-hybridized carbons (Fsp3) is 0.167. The van der Waals surface area contributed by atoms with Crippen molar-refractivity contribution in [3.63, 3.8) is 0 Å². The molecule has 16 heavy (non-hydrogen) atoms. The lowest BCUT2D eigenvalue weighted by molar-refractivity contribution is 0.967. The third-order valence-electron chi connectivity index (χ3n) is 2.39. The second kappa shape index (κ2) is 4.60. The van der Waals surface area contributed by atoms with E-state index in [0.717, 1.165) is 16.8 Å². The van der Waals surface area contributed by atoms with Crippen LogP contribution >= 0.6 is 11.6 Å². The summed E-state index contributed by atoms with van der Waals surface area (Å²) in [6.07, 6.45) is 1.60. The van der Waals surface area contributed by atoms with Gasteiger partial charge in [-0.1, -0.05) is 35.9 Å². The Bertz CT molecular complexity index is 511. The molecule has 4 heteroatoms. The van der Waals surface area contributed by atoms with E-state index < -0.39 is 0 Å². The minimum absolute atomic E-state index is 0.364. The Morgan fingerprint density at radius 1 is 1.31 bits per heavy atom. The zero-order valence-corrected chi connectivity index (χ0v) is 9.70. The van der Waals surface area contributed by atoms with Crippen molar-refractivity contribution in [2.24, 2.45) is 5.73 Å². The monoisotopic (exact) mass is 233 g/mol. The van der Waals surface area contributed by atoms with Crippen LogP contribution in [0.2, 0.25) is 5.15 Å². The zero-order chi connectivity index (χ0) is 11.5. The van der Waals surface area contributed by atoms with Crippen molar-refractivity contribution >= 4 is 11.6 Å². The number of halogens is 1. The number of rotatable bonds is 2. The molecule has 0 spiro atoms. The molecule has 0 aliphatic heterocycles. The molecule has 0 fully saturated rings. The molecule has 0 radical (unpaired) electrons. The molecule has 0 amide bonds. The van der Waals surface area contributed by atoms with E-state index in [2.05, 4.69) is 9.97 Å². The molecule has 0 atom stereocenters. The first kappa shape index (κ1) is 11.0. The Morgan fingerprint density at radius 3 is 2.75 bits per heavy atom. The molecule has 1 aromatic carbocycles. The first-order chi connectivity index (χ1) is 7.72. The number of benzene rings is 1. The maximum absolute atomic E-state index is 6.05. The first-order valence-corrected chi connectivity index (χ1v) is 5.37. The minimum Gasteiger partial charge on any atom is -0.325 e. The lowest BCUT2D eigenvalue weighted by atomic mass is 10.1. The molecular weight excluding hydrogens is 222 g/mol. The van der Waals surface area contributed by atoms with E-state index in [4.69, 9.17) is 17.3 Å². The number of hydrogen-bond acceptors (Lipinski definition) is 3. The van der Waals surface area contributed by atoms with E-state index in [-0.39, 0.29) is 0 Å². The Kier molecular flexibility index (Phi) is 3.17. The largest absolute Gasteiger partial charge is 0.325 e. The summed E-state index contributed by atoms with van der Waals surface area (Å²) < 4.78 is 0. The van der Waals surface area contributed by atoms with Crippen LogP contribution in [-0.4, -0.2) is 9.97 Å². The van der Waals surface area contributed by atoms with Gasteiger partial charge in [0, 0.05) is 12.1 Å². The molecule has 82 valence electrons. The van der Waals surface area contributed by atoms with Crippen molar-refractivity contribution in [2.75, 3.05) is 0 Å². The normalized spacial score (nSPS) is 10.4. The molecule has 2 rings (SSSR count). The van der Waals surface area contributed by atoms with Crippen LogP contribution in [0.4, 0.5) is 0 Å². The number of aromatic nitrogens is 2. The molecule has 2 N–H and O–H groups in total. The van der Waals surface area contributed by atoms with E-state index in [1.165, 1.54) is 0 Å². The summed E-state index contributed by atoms with van der Waals surface area (Å²) >= 11 is 6.05. The highest BCUT2D eigenvalue weighted by Crippen LogP contribution is 2.26. The van der Waals surface area contributed by atoms with Gasteiger partial charge in [-0.2, -0.15) is 0 Å². The van der Waals surface area contributed by atoms with Crippen LogP contribution in [0.25, 0.3) is 11.3 Å². The molecule has 0 bridgehead atoms. The van der Waals surface area contributed by atoms with Crippen molar-refractivity contribution in [1.29, 1.82) is 0 Å². The van der Waals surface area contributed by atoms with E-state index in [0.29, 0.717) is 17.4 Å². The Balaban J connectivity index is 2.59. The molecule has 0 aliphatic rings. The number of hydrogen-bond donors (Lipinski definition) is 1. The number of nitrogens with two attached hydrogens (primary N) is 1. The minimum atomic E-state index is 0.364. The van der Waals surface area contributed by atoms with Crippen LogP contribution in [0.1, 0.15) is 11.3 Å². The highest BCUT2D eigenvalue weighted by atomic mass is 35.5. The fourth-order valence-electron chi connectivity index (χ4n) is 1.52. The average Bonchev–Trinajstić information content (AvgIpc) is 2.31. The van der Waals surface area contributed by atoms with Gasteiger partial charge in [0.25, 0.3) is 0 Å². The van der Waals surface area contributed by atoms with Crippen LogP contribution in [0.15, 0.2) is 30.5 Å². The van der Waals surface area contributed by atoms with Crippen molar-refractivity contribution < 1.29 is 0 Å². The van der Waals surface area contributed by atoms with Gasteiger partial charge in [0.1, 0.15) is 5.69 Å². The highest BCUT2D eigenvalue weighted by Gasteiger charge is 2.09. The lowest BCUT2D eigenvalue weighted by Gasteiger charge is -2.07. The lowest BCUT2D eigenvalue weighted by Crippen LogP contribution is -2.02. The summed E-state index contributed by atoms with van der Waals surface area (Å²) in [6.45, 7) is 2.38. The standard InChI is InChI=1S/C12H12ClN3/c1-8-4-2-3-5-10(8)11-12(13)15-7-9(6-14)16-11/h2-5,7H,6,14H2,1H3. The van der Waals surface area contributed by atoms with Crippen LogP contribution < -0.4 is 5.73 Å². The molecule has 0 aliphatic carbocycles. The predicted octanol–water partition coefficient (Wildman–Crippen LogP) is 2.56. The van der Waals surface area contributed by atoms with E-state index in [1.54, 1.807) is 6.20 Å². The van der Waals surface area contributed by atoms with E-state index in [1.807, 2.05) is 31.2 Å². The van der Waals surface area contributed by atoms with Gasteiger partial charge in [0.05, 0.1) is 11.9 Å². The zero-order valence-electron chi connectivity index (χ0n) is 8.94. The number of aryl methyl sites for hydroxylation is 1. The van der Waals surface area contributed by atoms with Gasteiger partial charge in [-0.05, 0) is 12.5 Å². The summed E-state index contributed by atoms with van der Waals surface area (Å²) in [7, 11) is 0. The topological polar surface area (TPSA) is 51.8 Å². The first-order valence-electron chi connectivity index (χ1n) is 5.00. The van der Waals surface area contributed by atoms with Crippen molar-refractivity contribution in [3.05, 3.63) is 46.9 Å². The molecule has 2 aromatic rings. The third kappa shape index (κ3) is 2.05. The summed E-state index contributed by atoms with van der Waals surface area (Å²) in [5.41, 5.74) is 9.09.